The topological polar surface area (TPSA) is 52.5 Å². The van der Waals surface area contributed by atoms with Gasteiger partial charge < -0.3 is 14.9 Å². The molecule has 0 amide bonds. The van der Waals surface area contributed by atoms with Gasteiger partial charge in [0.1, 0.15) is 0 Å². The molecule has 1 aliphatic heterocycles. The number of β-amino-alcohol motifs (C(OH)–C–C–N with tert-alkyl or cyclic N) is 1. The third kappa shape index (κ3) is 4.30. The first-order chi connectivity index (χ1) is 11.8. The van der Waals surface area contributed by atoms with Crippen LogP contribution < -0.4 is 4.90 Å². The lowest BCUT2D eigenvalue weighted by atomic mass is 9.93. The number of hydrogen-bond acceptors (Lipinski definition) is 5. The monoisotopic (exact) mass is 326 g/mol. The molecule has 3 rings (SSSR count). The van der Waals surface area contributed by atoms with E-state index in [0.29, 0.717) is 5.92 Å². The van der Waals surface area contributed by atoms with E-state index >= 15 is 0 Å². The summed E-state index contributed by atoms with van der Waals surface area (Å²) in [5, 5.41) is 17.9. The maximum absolute atomic E-state index is 9.10. The molecule has 1 aliphatic rings. The molecule has 0 radical (unpaired) electrons. The molecule has 0 saturated carbocycles. The Morgan fingerprint density at radius 3 is 2.71 bits per heavy atom. The molecule has 1 atom stereocenters. The zero-order valence-electron chi connectivity index (χ0n) is 14.3. The first-order valence-electron chi connectivity index (χ1n) is 8.71. The average molecular weight is 326 g/mol. The van der Waals surface area contributed by atoms with Crippen molar-refractivity contribution in [1.82, 2.24) is 15.1 Å². The van der Waals surface area contributed by atoms with Gasteiger partial charge in [-0.2, -0.15) is 5.10 Å². The maximum atomic E-state index is 9.10. The van der Waals surface area contributed by atoms with Crippen molar-refractivity contribution >= 4 is 11.5 Å². The summed E-state index contributed by atoms with van der Waals surface area (Å²) < 4.78 is 0. The van der Waals surface area contributed by atoms with Crippen LogP contribution >= 0.6 is 0 Å². The summed E-state index contributed by atoms with van der Waals surface area (Å²) in [6.07, 6.45) is 3.40. The van der Waals surface area contributed by atoms with E-state index < -0.39 is 0 Å². The van der Waals surface area contributed by atoms with Crippen molar-refractivity contribution in [1.29, 1.82) is 0 Å². The fourth-order valence-corrected chi connectivity index (χ4v) is 3.38. The van der Waals surface area contributed by atoms with Crippen LogP contribution in [-0.2, 0) is 6.42 Å². The number of rotatable bonds is 6. The number of hydrogen-bond donors (Lipinski definition) is 1. The highest BCUT2D eigenvalue weighted by molar-refractivity contribution is 5.58. The van der Waals surface area contributed by atoms with E-state index in [9.17, 15) is 0 Å². The van der Waals surface area contributed by atoms with Crippen LogP contribution in [0.4, 0.5) is 11.5 Å². The summed E-state index contributed by atoms with van der Waals surface area (Å²) >= 11 is 0. The number of likely N-dealkylation sites (tertiary alicyclic amines) is 1. The highest BCUT2D eigenvalue weighted by atomic mass is 16.3. The molecule has 0 aliphatic carbocycles. The van der Waals surface area contributed by atoms with E-state index in [-0.39, 0.29) is 6.61 Å². The molecule has 5 heteroatoms. The van der Waals surface area contributed by atoms with E-state index in [0.717, 1.165) is 43.3 Å². The van der Waals surface area contributed by atoms with Crippen molar-refractivity contribution in [2.45, 2.75) is 19.3 Å². The van der Waals surface area contributed by atoms with Gasteiger partial charge in [0.2, 0.25) is 0 Å². The first-order valence-corrected chi connectivity index (χ1v) is 8.71. The Balaban J connectivity index is 1.60. The van der Waals surface area contributed by atoms with E-state index in [4.69, 9.17) is 5.11 Å². The molecule has 0 bridgehead atoms. The quantitative estimate of drug-likeness (QED) is 0.884. The van der Waals surface area contributed by atoms with E-state index in [1.165, 1.54) is 12.8 Å². The minimum Gasteiger partial charge on any atom is -0.395 e. The lowest BCUT2D eigenvalue weighted by Gasteiger charge is -2.32. The number of piperidine rings is 1. The molecule has 1 fully saturated rings. The van der Waals surface area contributed by atoms with Gasteiger partial charge in [0, 0.05) is 25.8 Å². The van der Waals surface area contributed by atoms with Gasteiger partial charge in [0.05, 0.1) is 12.3 Å². The van der Waals surface area contributed by atoms with Crippen LogP contribution in [0.3, 0.4) is 0 Å². The van der Waals surface area contributed by atoms with E-state index in [2.05, 4.69) is 33.3 Å². The van der Waals surface area contributed by atoms with Crippen molar-refractivity contribution < 1.29 is 5.11 Å². The molecule has 24 heavy (non-hydrogen) atoms. The van der Waals surface area contributed by atoms with Crippen molar-refractivity contribution in [2.75, 3.05) is 38.2 Å². The minimum absolute atomic E-state index is 0.243. The molecule has 1 unspecified atom stereocenters. The lowest BCUT2D eigenvalue weighted by Crippen LogP contribution is -2.38. The van der Waals surface area contributed by atoms with Crippen molar-refractivity contribution in [3.8, 4) is 0 Å². The number of benzene rings is 1. The fraction of sp³-hybridized carbons (Fsp3) is 0.474. The van der Waals surface area contributed by atoms with Gasteiger partial charge in [0.25, 0.3) is 0 Å². The largest absolute Gasteiger partial charge is 0.395 e. The van der Waals surface area contributed by atoms with Crippen LogP contribution in [0, 0.1) is 5.92 Å². The molecular formula is C19H26N4O. The third-order valence-corrected chi connectivity index (χ3v) is 4.71. The van der Waals surface area contributed by atoms with Crippen LogP contribution in [0.1, 0.15) is 18.5 Å². The number of anilines is 2. The maximum Gasteiger partial charge on any atom is 0.155 e. The first kappa shape index (κ1) is 16.9. The van der Waals surface area contributed by atoms with Gasteiger partial charge in [-0.3, -0.25) is 0 Å². The number of para-hydroxylation sites is 1. The zero-order chi connectivity index (χ0) is 16.8. The lowest BCUT2D eigenvalue weighted by molar-refractivity contribution is 0.139. The highest BCUT2D eigenvalue weighted by Crippen LogP contribution is 2.22. The van der Waals surface area contributed by atoms with Gasteiger partial charge in [-0.05, 0) is 56.0 Å². The predicted octanol–water partition coefficient (Wildman–Crippen LogP) is 2.49. The third-order valence-electron chi connectivity index (χ3n) is 4.71. The standard InChI is InChI=1S/C19H26N4O/c1-22(18-7-3-2-4-8-18)19-10-9-17(20-21-19)14-16-6-5-11-23(15-16)12-13-24/h2-4,7-10,16,24H,5-6,11-15H2,1H3. The van der Waals surface area contributed by atoms with Crippen molar-refractivity contribution in [2.24, 2.45) is 5.92 Å². The molecule has 2 aromatic rings. The zero-order valence-corrected chi connectivity index (χ0v) is 14.3. The number of aliphatic hydroxyl groups is 1. The second-order valence-corrected chi connectivity index (χ2v) is 6.51. The Labute approximate surface area is 143 Å². The molecule has 1 N–H and O–H groups in total. The average Bonchev–Trinajstić information content (AvgIpc) is 2.63. The molecule has 1 saturated heterocycles. The Kier molecular flexibility index (Phi) is 5.77. The Morgan fingerprint density at radius 1 is 1.17 bits per heavy atom. The van der Waals surface area contributed by atoms with Gasteiger partial charge in [0.15, 0.2) is 5.82 Å². The van der Waals surface area contributed by atoms with Gasteiger partial charge in [-0.25, -0.2) is 0 Å². The Hall–Kier alpha value is -1.98. The fourth-order valence-electron chi connectivity index (χ4n) is 3.38. The summed E-state index contributed by atoms with van der Waals surface area (Å²) in [5.41, 5.74) is 2.16. The van der Waals surface area contributed by atoms with Gasteiger partial charge in [-0.1, -0.05) is 18.2 Å². The van der Waals surface area contributed by atoms with Crippen LogP contribution in [0.25, 0.3) is 0 Å². The Morgan fingerprint density at radius 2 is 2.00 bits per heavy atom. The normalized spacial score (nSPS) is 18.5. The molecule has 128 valence electrons. The summed E-state index contributed by atoms with van der Waals surface area (Å²) in [4.78, 5) is 4.39. The van der Waals surface area contributed by atoms with E-state index in [1.54, 1.807) is 0 Å². The molecule has 0 spiro atoms. The number of aliphatic hydroxyl groups excluding tert-OH is 1. The van der Waals surface area contributed by atoms with Gasteiger partial charge in [-0.15, -0.1) is 5.10 Å². The number of nitrogens with zero attached hydrogens (tertiary/aromatic N) is 4. The van der Waals surface area contributed by atoms with E-state index in [1.807, 2.05) is 36.2 Å². The van der Waals surface area contributed by atoms with Crippen molar-refractivity contribution in [3.05, 3.63) is 48.2 Å². The second-order valence-electron chi connectivity index (χ2n) is 6.51. The van der Waals surface area contributed by atoms with Crippen LogP contribution in [-0.4, -0.2) is 53.5 Å². The molecule has 2 heterocycles. The van der Waals surface area contributed by atoms with Crippen LogP contribution in [0.2, 0.25) is 0 Å². The second kappa shape index (κ2) is 8.22. The SMILES string of the molecule is CN(c1ccccc1)c1ccc(CC2CCCN(CCO)C2)nn1. The highest BCUT2D eigenvalue weighted by Gasteiger charge is 2.20. The Bertz CT molecular complexity index is 615. The predicted molar refractivity (Wildman–Crippen MR) is 96.5 cm³/mol. The molecule has 1 aromatic carbocycles. The summed E-state index contributed by atoms with van der Waals surface area (Å²) in [6.45, 7) is 3.17. The minimum atomic E-state index is 0.243. The summed E-state index contributed by atoms with van der Waals surface area (Å²) in [5.74, 6) is 1.47. The van der Waals surface area contributed by atoms with Crippen LogP contribution in [0.15, 0.2) is 42.5 Å². The van der Waals surface area contributed by atoms with Crippen molar-refractivity contribution in [3.63, 3.8) is 0 Å². The smallest absolute Gasteiger partial charge is 0.155 e. The summed E-state index contributed by atoms with van der Waals surface area (Å²) in [7, 11) is 2.01. The molecular weight excluding hydrogens is 300 g/mol. The summed E-state index contributed by atoms with van der Waals surface area (Å²) in [6, 6.07) is 14.3. The molecule has 1 aromatic heterocycles. The number of aromatic nitrogens is 2. The molecule has 5 nitrogen and oxygen atoms in total. The van der Waals surface area contributed by atoms with Gasteiger partial charge >= 0.3 is 0 Å². The van der Waals surface area contributed by atoms with Crippen LogP contribution in [0.5, 0.6) is 0 Å².